The number of rotatable bonds is 1. The zero-order chi connectivity index (χ0) is 9.35. The Labute approximate surface area is 68.8 Å². The van der Waals surface area contributed by atoms with E-state index in [1.165, 1.54) is 0 Å². The van der Waals surface area contributed by atoms with Crippen molar-refractivity contribution in [2.75, 3.05) is 0 Å². The highest BCUT2D eigenvalue weighted by atomic mass is 19.4. The Bertz CT molecular complexity index is 159. The largest absolute Gasteiger partial charge is 0.415 e. The first-order valence-electron chi connectivity index (χ1n) is 3.92. The van der Waals surface area contributed by atoms with Crippen LogP contribution in [0.25, 0.3) is 0 Å². The lowest BCUT2D eigenvalue weighted by molar-refractivity contribution is -0.211. The molecule has 12 heavy (non-hydrogen) atoms. The maximum absolute atomic E-state index is 11.9. The molecule has 1 fully saturated rings. The van der Waals surface area contributed by atoms with Crippen LogP contribution in [0.5, 0.6) is 0 Å². The summed E-state index contributed by atoms with van der Waals surface area (Å²) in [6.07, 6.45) is -5.64. The third kappa shape index (κ3) is 2.10. The average Bonchev–Trinajstić information content (AvgIpc) is 2.32. The second kappa shape index (κ2) is 3.22. The molecular weight excluding hydrogens is 171 g/mol. The van der Waals surface area contributed by atoms with E-state index >= 15 is 0 Å². The fraction of sp³-hybridized carbons (Fsp3) is 1.00. The van der Waals surface area contributed by atoms with Gasteiger partial charge in [0.05, 0.1) is 0 Å². The van der Waals surface area contributed by atoms with E-state index in [1.54, 1.807) is 0 Å². The monoisotopic (exact) mass is 183 g/mol. The lowest BCUT2D eigenvalue weighted by atomic mass is 10.1. The van der Waals surface area contributed by atoms with Crippen molar-refractivity contribution in [3.63, 3.8) is 0 Å². The molecule has 0 unspecified atom stereocenters. The number of hydrogen-bond donors (Lipinski definition) is 2. The number of alkyl halides is 3. The molecule has 72 valence electrons. The van der Waals surface area contributed by atoms with E-state index in [0.29, 0.717) is 12.8 Å². The quantitative estimate of drug-likeness (QED) is 0.636. The van der Waals surface area contributed by atoms with Crippen molar-refractivity contribution in [1.82, 2.24) is 5.32 Å². The topological polar surface area (TPSA) is 32.3 Å². The first kappa shape index (κ1) is 9.80. The van der Waals surface area contributed by atoms with Gasteiger partial charge in [-0.3, -0.25) is 0 Å². The number of nitrogens with one attached hydrogen (secondary N) is 1. The summed E-state index contributed by atoms with van der Waals surface area (Å²) < 4.78 is 35.8. The highest BCUT2D eigenvalue weighted by Gasteiger charge is 2.45. The number of hydrogen-bond acceptors (Lipinski definition) is 2. The smallest absolute Gasteiger partial charge is 0.382 e. The van der Waals surface area contributed by atoms with Gasteiger partial charge >= 0.3 is 6.18 Å². The minimum atomic E-state index is -4.50. The fourth-order valence-electron chi connectivity index (χ4n) is 1.44. The molecule has 1 rings (SSSR count). The van der Waals surface area contributed by atoms with Gasteiger partial charge in [-0.2, -0.15) is 13.2 Å². The van der Waals surface area contributed by atoms with Gasteiger partial charge in [-0.05, 0) is 19.8 Å². The third-order valence-electron chi connectivity index (χ3n) is 2.13. The van der Waals surface area contributed by atoms with Gasteiger partial charge in [0.25, 0.3) is 0 Å². The molecule has 1 heterocycles. The minimum absolute atomic E-state index is 0.0759. The van der Waals surface area contributed by atoms with Crippen LogP contribution in [0, 0.1) is 0 Å². The maximum Gasteiger partial charge on any atom is 0.415 e. The zero-order valence-corrected chi connectivity index (χ0v) is 6.73. The Morgan fingerprint density at radius 2 is 2.00 bits per heavy atom. The normalized spacial score (nSPS) is 33.8. The molecule has 3 atom stereocenters. The van der Waals surface area contributed by atoms with E-state index in [2.05, 4.69) is 5.32 Å². The van der Waals surface area contributed by atoms with Gasteiger partial charge in [-0.1, -0.05) is 0 Å². The second-order valence-electron chi connectivity index (χ2n) is 3.24. The van der Waals surface area contributed by atoms with Crippen LogP contribution >= 0.6 is 0 Å². The number of halogens is 3. The standard InChI is InChI=1S/C7H12F3NO/c1-4-2-3-5(11-4)6(12)7(8,9)10/h4-6,11-12H,2-3H2,1H3/t4-,5-,6+/m1/s1. The maximum atomic E-state index is 11.9. The summed E-state index contributed by atoms with van der Waals surface area (Å²) in [6, 6.07) is -0.744. The summed E-state index contributed by atoms with van der Waals surface area (Å²) in [5.74, 6) is 0. The van der Waals surface area contributed by atoms with Gasteiger partial charge in [0.2, 0.25) is 0 Å². The second-order valence-corrected chi connectivity index (χ2v) is 3.24. The predicted molar refractivity (Wildman–Crippen MR) is 37.7 cm³/mol. The molecule has 1 aliphatic heterocycles. The molecule has 0 bridgehead atoms. The Morgan fingerprint density at radius 1 is 1.42 bits per heavy atom. The fourth-order valence-corrected chi connectivity index (χ4v) is 1.44. The van der Waals surface area contributed by atoms with Crippen molar-refractivity contribution < 1.29 is 18.3 Å². The summed E-state index contributed by atoms with van der Waals surface area (Å²) in [7, 11) is 0. The van der Waals surface area contributed by atoms with Gasteiger partial charge < -0.3 is 10.4 Å². The first-order chi connectivity index (χ1) is 5.41. The molecular formula is C7H12F3NO. The molecule has 0 spiro atoms. The Morgan fingerprint density at radius 3 is 2.33 bits per heavy atom. The summed E-state index contributed by atoms with van der Waals surface area (Å²) in [6.45, 7) is 1.81. The van der Waals surface area contributed by atoms with Crippen LogP contribution in [0.15, 0.2) is 0 Å². The van der Waals surface area contributed by atoms with Crippen LogP contribution in [0.4, 0.5) is 13.2 Å². The van der Waals surface area contributed by atoms with Crippen molar-refractivity contribution in [3.05, 3.63) is 0 Å². The van der Waals surface area contributed by atoms with E-state index in [1.807, 2.05) is 6.92 Å². The molecule has 0 aromatic heterocycles. The van der Waals surface area contributed by atoms with Crippen LogP contribution in [-0.2, 0) is 0 Å². The van der Waals surface area contributed by atoms with Crippen molar-refractivity contribution in [3.8, 4) is 0 Å². The van der Waals surface area contributed by atoms with Gasteiger partial charge in [0, 0.05) is 12.1 Å². The molecule has 0 aromatic rings. The third-order valence-corrected chi connectivity index (χ3v) is 2.13. The first-order valence-corrected chi connectivity index (χ1v) is 3.92. The Kier molecular flexibility index (Phi) is 2.63. The van der Waals surface area contributed by atoms with E-state index < -0.39 is 18.3 Å². The molecule has 0 radical (unpaired) electrons. The van der Waals surface area contributed by atoms with Gasteiger partial charge in [0.15, 0.2) is 6.10 Å². The molecule has 1 aliphatic rings. The van der Waals surface area contributed by atoms with Crippen molar-refractivity contribution in [2.45, 2.75) is 44.1 Å². The van der Waals surface area contributed by atoms with Crippen LogP contribution in [-0.4, -0.2) is 29.5 Å². The van der Waals surface area contributed by atoms with Crippen molar-refractivity contribution >= 4 is 0 Å². The molecule has 5 heteroatoms. The summed E-state index contributed by atoms with van der Waals surface area (Å²) in [5.41, 5.74) is 0. The molecule has 0 aliphatic carbocycles. The minimum Gasteiger partial charge on any atom is -0.382 e. The Balaban J connectivity index is 2.48. The molecule has 0 aromatic carbocycles. The summed E-state index contributed by atoms with van der Waals surface area (Å²) in [4.78, 5) is 0. The van der Waals surface area contributed by atoms with Crippen molar-refractivity contribution in [1.29, 1.82) is 0 Å². The number of aliphatic hydroxyl groups excluding tert-OH is 1. The highest BCUT2D eigenvalue weighted by Crippen LogP contribution is 2.27. The highest BCUT2D eigenvalue weighted by molar-refractivity contribution is 4.88. The van der Waals surface area contributed by atoms with Crippen LogP contribution in [0.3, 0.4) is 0 Å². The molecule has 0 amide bonds. The van der Waals surface area contributed by atoms with Crippen molar-refractivity contribution in [2.24, 2.45) is 0 Å². The van der Waals surface area contributed by atoms with Gasteiger partial charge in [0.1, 0.15) is 0 Å². The lowest BCUT2D eigenvalue weighted by Crippen LogP contribution is -2.46. The lowest BCUT2D eigenvalue weighted by Gasteiger charge is -2.21. The molecule has 1 saturated heterocycles. The van der Waals surface area contributed by atoms with Crippen LogP contribution < -0.4 is 5.32 Å². The summed E-state index contributed by atoms with van der Waals surface area (Å²) >= 11 is 0. The molecule has 2 nitrogen and oxygen atoms in total. The zero-order valence-electron chi connectivity index (χ0n) is 6.73. The Hall–Kier alpha value is -0.290. The van der Waals surface area contributed by atoms with Crippen LogP contribution in [0.2, 0.25) is 0 Å². The molecule has 2 N–H and O–H groups in total. The van der Waals surface area contributed by atoms with Gasteiger partial charge in [-0.15, -0.1) is 0 Å². The van der Waals surface area contributed by atoms with Crippen LogP contribution in [0.1, 0.15) is 19.8 Å². The van der Waals surface area contributed by atoms with E-state index in [0.717, 1.165) is 0 Å². The van der Waals surface area contributed by atoms with E-state index in [4.69, 9.17) is 5.11 Å². The molecule has 0 saturated carbocycles. The van der Waals surface area contributed by atoms with Gasteiger partial charge in [-0.25, -0.2) is 0 Å². The van der Waals surface area contributed by atoms with E-state index in [-0.39, 0.29) is 6.04 Å². The van der Waals surface area contributed by atoms with E-state index in [9.17, 15) is 13.2 Å². The SMILES string of the molecule is C[C@@H]1CC[C@H]([C@H](O)C(F)(F)F)N1. The average molecular weight is 183 g/mol. The summed E-state index contributed by atoms with van der Waals surface area (Å²) in [5, 5.41) is 11.5. The predicted octanol–water partition coefficient (Wildman–Crippen LogP) is 1.05. The number of aliphatic hydroxyl groups is 1.